The van der Waals surface area contributed by atoms with Crippen LogP contribution in [0, 0.1) is 5.92 Å². The average Bonchev–Trinajstić information content (AvgIpc) is 3.07. The minimum Gasteiger partial charge on any atom is -0.393 e. The van der Waals surface area contributed by atoms with Gasteiger partial charge in [0.1, 0.15) is 0 Å². The second-order valence-corrected chi connectivity index (χ2v) is 6.50. The molecule has 0 aromatic rings. The predicted molar refractivity (Wildman–Crippen MR) is 73.9 cm³/mol. The lowest BCUT2D eigenvalue weighted by molar-refractivity contribution is 0.0836. The number of urea groups is 1. The highest BCUT2D eigenvalue weighted by Crippen LogP contribution is 2.35. The Morgan fingerprint density at radius 2 is 1.79 bits per heavy atom. The third kappa shape index (κ3) is 2.73. The third-order valence-electron chi connectivity index (χ3n) is 5.27. The number of amides is 2. The molecule has 4 heteroatoms. The molecule has 2 saturated carbocycles. The summed E-state index contributed by atoms with van der Waals surface area (Å²) in [5.74, 6) is 0.317. The number of aliphatic hydroxyl groups excluding tert-OH is 1. The quantitative estimate of drug-likeness (QED) is 0.805. The smallest absolute Gasteiger partial charge is 0.317 e. The molecule has 4 nitrogen and oxygen atoms in total. The Morgan fingerprint density at radius 1 is 1.00 bits per heavy atom. The summed E-state index contributed by atoms with van der Waals surface area (Å²) in [7, 11) is 0. The molecule has 1 saturated heterocycles. The first-order valence-corrected chi connectivity index (χ1v) is 8.01. The van der Waals surface area contributed by atoms with Crippen molar-refractivity contribution in [2.75, 3.05) is 6.54 Å². The number of nitrogens with zero attached hydrogens (tertiary/aromatic N) is 1. The van der Waals surface area contributed by atoms with Gasteiger partial charge in [0, 0.05) is 24.5 Å². The van der Waals surface area contributed by atoms with Crippen LogP contribution in [0.15, 0.2) is 0 Å². The zero-order chi connectivity index (χ0) is 13.2. The van der Waals surface area contributed by atoms with Crippen molar-refractivity contribution in [1.82, 2.24) is 10.2 Å². The van der Waals surface area contributed by atoms with E-state index in [0.29, 0.717) is 12.0 Å². The summed E-state index contributed by atoms with van der Waals surface area (Å²) in [5.41, 5.74) is 0. The van der Waals surface area contributed by atoms with E-state index in [1.165, 1.54) is 12.8 Å². The first-order chi connectivity index (χ1) is 9.25. The molecule has 3 atom stereocenters. The summed E-state index contributed by atoms with van der Waals surface area (Å²) >= 11 is 0. The van der Waals surface area contributed by atoms with Crippen molar-refractivity contribution >= 4 is 6.03 Å². The van der Waals surface area contributed by atoms with Crippen LogP contribution in [0.5, 0.6) is 0 Å². The summed E-state index contributed by atoms with van der Waals surface area (Å²) in [6, 6.07) is 0.787. The Balaban J connectivity index is 1.60. The van der Waals surface area contributed by atoms with Crippen LogP contribution in [-0.2, 0) is 0 Å². The Labute approximate surface area is 115 Å². The number of nitrogens with one attached hydrogen (secondary N) is 1. The molecule has 3 fully saturated rings. The van der Waals surface area contributed by atoms with E-state index in [2.05, 4.69) is 5.32 Å². The van der Waals surface area contributed by atoms with E-state index in [-0.39, 0.29) is 18.2 Å². The molecule has 2 N–H and O–H groups in total. The first-order valence-electron chi connectivity index (χ1n) is 8.01. The Bertz CT molecular complexity index is 328. The lowest BCUT2D eigenvalue weighted by Gasteiger charge is -2.32. The van der Waals surface area contributed by atoms with Crippen molar-refractivity contribution in [3.8, 4) is 0 Å². The van der Waals surface area contributed by atoms with Gasteiger partial charge in [0.15, 0.2) is 0 Å². The number of rotatable bonds is 2. The van der Waals surface area contributed by atoms with E-state index in [4.69, 9.17) is 0 Å². The zero-order valence-electron chi connectivity index (χ0n) is 11.7. The van der Waals surface area contributed by atoms with Gasteiger partial charge in [-0.2, -0.15) is 0 Å². The van der Waals surface area contributed by atoms with E-state index >= 15 is 0 Å². The van der Waals surface area contributed by atoms with Crippen molar-refractivity contribution in [3.05, 3.63) is 0 Å². The van der Waals surface area contributed by atoms with Gasteiger partial charge in [0.25, 0.3) is 0 Å². The number of carbonyl (C=O) groups is 1. The highest BCUT2D eigenvalue weighted by molar-refractivity contribution is 5.75. The monoisotopic (exact) mass is 266 g/mol. The molecular weight excluding hydrogens is 240 g/mol. The fraction of sp³-hybridized carbons (Fsp3) is 0.933. The van der Waals surface area contributed by atoms with Crippen LogP contribution in [0.4, 0.5) is 4.79 Å². The standard InChI is InChI=1S/C15H26N2O2/c18-14-9-3-7-12(14)13-8-4-10-17(13)15(19)16-11-5-1-2-6-11/h11-14,18H,1-10H2,(H,16,19). The molecule has 3 aliphatic rings. The molecule has 0 spiro atoms. The van der Waals surface area contributed by atoms with Crippen LogP contribution in [0.2, 0.25) is 0 Å². The molecule has 1 aliphatic heterocycles. The van der Waals surface area contributed by atoms with Gasteiger partial charge in [-0.1, -0.05) is 19.3 Å². The maximum absolute atomic E-state index is 12.4. The van der Waals surface area contributed by atoms with Gasteiger partial charge in [-0.05, 0) is 38.5 Å². The molecule has 19 heavy (non-hydrogen) atoms. The number of carbonyl (C=O) groups excluding carboxylic acids is 1. The summed E-state index contributed by atoms with van der Waals surface area (Å²) in [6.45, 7) is 0.867. The zero-order valence-corrected chi connectivity index (χ0v) is 11.7. The van der Waals surface area contributed by atoms with E-state index in [9.17, 15) is 9.90 Å². The van der Waals surface area contributed by atoms with Gasteiger partial charge >= 0.3 is 6.03 Å². The van der Waals surface area contributed by atoms with Crippen LogP contribution < -0.4 is 5.32 Å². The highest BCUT2D eigenvalue weighted by atomic mass is 16.3. The Kier molecular flexibility index (Phi) is 3.96. The summed E-state index contributed by atoms with van der Waals surface area (Å²) < 4.78 is 0. The summed E-state index contributed by atoms with van der Waals surface area (Å²) in [5, 5.41) is 13.3. The normalized spacial score (nSPS) is 36.1. The number of hydrogen-bond donors (Lipinski definition) is 2. The largest absolute Gasteiger partial charge is 0.393 e. The minimum atomic E-state index is -0.190. The van der Waals surface area contributed by atoms with Crippen LogP contribution in [-0.4, -0.2) is 40.8 Å². The molecule has 0 aromatic heterocycles. The van der Waals surface area contributed by atoms with Crippen LogP contribution in [0.3, 0.4) is 0 Å². The van der Waals surface area contributed by atoms with Gasteiger partial charge in [0.2, 0.25) is 0 Å². The van der Waals surface area contributed by atoms with Crippen LogP contribution in [0.25, 0.3) is 0 Å². The van der Waals surface area contributed by atoms with Gasteiger partial charge < -0.3 is 15.3 Å². The molecule has 3 unspecified atom stereocenters. The highest BCUT2D eigenvalue weighted by Gasteiger charge is 2.40. The lowest BCUT2D eigenvalue weighted by Crippen LogP contribution is -2.49. The average molecular weight is 266 g/mol. The van der Waals surface area contributed by atoms with Gasteiger partial charge in [-0.25, -0.2) is 4.79 Å². The SMILES string of the molecule is O=C(NC1CCCC1)N1CCCC1C1CCCC1O. The van der Waals surface area contributed by atoms with E-state index in [1.54, 1.807) is 0 Å². The first kappa shape index (κ1) is 13.2. The van der Waals surface area contributed by atoms with Crippen molar-refractivity contribution in [1.29, 1.82) is 0 Å². The number of aliphatic hydroxyl groups is 1. The minimum absolute atomic E-state index is 0.119. The predicted octanol–water partition coefficient (Wildman–Crippen LogP) is 2.26. The third-order valence-corrected chi connectivity index (χ3v) is 5.27. The Morgan fingerprint density at radius 3 is 2.47 bits per heavy atom. The summed E-state index contributed by atoms with van der Waals surface area (Å²) in [4.78, 5) is 14.4. The topological polar surface area (TPSA) is 52.6 Å². The number of hydrogen-bond acceptors (Lipinski definition) is 2. The van der Waals surface area contributed by atoms with Crippen molar-refractivity contribution in [2.24, 2.45) is 5.92 Å². The van der Waals surface area contributed by atoms with E-state index in [1.807, 2.05) is 4.90 Å². The van der Waals surface area contributed by atoms with Gasteiger partial charge in [-0.15, -0.1) is 0 Å². The molecule has 108 valence electrons. The fourth-order valence-corrected chi connectivity index (χ4v) is 4.24. The Hall–Kier alpha value is -0.770. The second-order valence-electron chi connectivity index (χ2n) is 6.50. The molecule has 0 radical (unpaired) electrons. The van der Waals surface area contributed by atoms with Gasteiger partial charge in [-0.3, -0.25) is 0 Å². The maximum atomic E-state index is 12.4. The molecule has 1 heterocycles. The van der Waals surface area contributed by atoms with Crippen molar-refractivity contribution < 1.29 is 9.90 Å². The fourth-order valence-electron chi connectivity index (χ4n) is 4.24. The molecule has 2 aliphatic carbocycles. The molecule has 0 aromatic carbocycles. The van der Waals surface area contributed by atoms with E-state index < -0.39 is 0 Å². The van der Waals surface area contributed by atoms with Crippen molar-refractivity contribution in [3.63, 3.8) is 0 Å². The molecule has 2 amide bonds. The van der Waals surface area contributed by atoms with E-state index in [0.717, 1.165) is 51.5 Å². The molecule has 3 rings (SSSR count). The lowest BCUT2D eigenvalue weighted by atomic mass is 9.94. The second kappa shape index (κ2) is 5.70. The van der Waals surface area contributed by atoms with Crippen LogP contribution in [0.1, 0.15) is 57.8 Å². The molecule has 0 bridgehead atoms. The molecular formula is C15H26N2O2. The van der Waals surface area contributed by atoms with Crippen LogP contribution >= 0.6 is 0 Å². The van der Waals surface area contributed by atoms with Gasteiger partial charge in [0.05, 0.1) is 6.10 Å². The number of likely N-dealkylation sites (tertiary alicyclic amines) is 1. The van der Waals surface area contributed by atoms with Crippen molar-refractivity contribution in [2.45, 2.75) is 76.0 Å². The summed E-state index contributed by atoms with van der Waals surface area (Å²) in [6.07, 6.45) is 9.84. The maximum Gasteiger partial charge on any atom is 0.317 e.